The molecular formula is C35H29ClN6O2S. The van der Waals surface area contributed by atoms with Crippen LogP contribution in [0.3, 0.4) is 0 Å². The van der Waals surface area contributed by atoms with E-state index < -0.39 is 0 Å². The Morgan fingerprint density at radius 1 is 0.867 bits per heavy atom. The van der Waals surface area contributed by atoms with Crippen molar-refractivity contribution in [3.8, 4) is 34.0 Å². The van der Waals surface area contributed by atoms with E-state index in [4.69, 9.17) is 21.3 Å². The van der Waals surface area contributed by atoms with Crippen molar-refractivity contribution in [1.82, 2.24) is 29.1 Å². The standard InChI is InChI=1S/C35H29ClN6O2S/c1-4-44-27-16-14-26(15-17-27)41-33(43)28-18-13-25(36)19-29(28)42-30(39-40-35(41)42)20-45-34-37-31(23-9-5-21(2)6-10-23)32(38-34)24-11-7-22(3)8-12-24/h5-19H,4,20H2,1-3H3,(H,37,38). The van der Waals surface area contributed by atoms with Gasteiger partial charge in [0.2, 0.25) is 5.78 Å². The van der Waals surface area contributed by atoms with Crippen molar-refractivity contribution in [1.29, 1.82) is 0 Å². The Hall–Kier alpha value is -4.86. The van der Waals surface area contributed by atoms with Crippen molar-refractivity contribution in [2.24, 2.45) is 0 Å². The Labute approximate surface area is 268 Å². The third kappa shape index (κ3) is 5.49. The number of hydrogen-bond acceptors (Lipinski definition) is 6. The van der Waals surface area contributed by atoms with Crippen LogP contribution in [-0.2, 0) is 5.75 Å². The lowest BCUT2D eigenvalue weighted by Gasteiger charge is -2.12. The van der Waals surface area contributed by atoms with Crippen molar-refractivity contribution < 1.29 is 4.74 Å². The molecule has 10 heteroatoms. The van der Waals surface area contributed by atoms with E-state index in [2.05, 4.69) is 77.6 Å². The number of nitrogens with zero attached hydrogens (tertiary/aromatic N) is 5. The summed E-state index contributed by atoms with van der Waals surface area (Å²) < 4.78 is 9.08. The molecule has 3 heterocycles. The van der Waals surface area contributed by atoms with Crippen molar-refractivity contribution in [2.45, 2.75) is 31.7 Å². The largest absolute Gasteiger partial charge is 0.494 e. The molecule has 0 bridgehead atoms. The first-order chi connectivity index (χ1) is 21.9. The van der Waals surface area contributed by atoms with Crippen LogP contribution >= 0.6 is 23.4 Å². The molecule has 7 rings (SSSR count). The number of H-pyrrole nitrogens is 1. The van der Waals surface area contributed by atoms with Crippen molar-refractivity contribution in [3.05, 3.63) is 123 Å². The molecule has 7 aromatic rings. The second-order valence-corrected chi connectivity index (χ2v) is 12.2. The zero-order valence-electron chi connectivity index (χ0n) is 24.9. The van der Waals surface area contributed by atoms with Crippen LogP contribution < -0.4 is 10.3 Å². The van der Waals surface area contributed by atoms with Crippen molar-refractivity contribution in [2.75, 3.05) is 6.61 Å². The molecule has 1 N–H and O–H groups in total. The summed E-state index contributed by atoms with van der Waals surface area (Å²) in [5.41, 5.74) is 7.41. The van der Waals surface area contributed by atoms with Crippen LogP contribution in [-0.4, -0.2) is 35.7 Å². The number of benzene rings is 4. The Morgan fingerprint density at radius 2 is 1.56 bits per heavy atom. The van der Waals surface area contributed by atoms with Crippen molar-refractivity contribution in [3.63, 3.8) is 0 Å². The molecule has 0 aliphatic heterocycles. The van der Waals surface area contributed by atoms with Gasteiger partial charge >= 0.3 is 0 Å². The fraction of sp³-hybridized carbons (Fsp3) is 0.143. The van der Waals surface area contributed by atoms with Crippen LogP contribution in [0.5, 0.6) is 5.75 Å². The minimum absolute atomic E-state index is 0.207. The Balaban J connectivity index is 1.31. The zero-order chi connectivity index (χ0) is 31.1. The third-order valence-corrected chi connectivity index (χ3v) is 8.74. The minimum Gasteiger partial charge on any atom is -0.494 e. The third-order valence-electron chi connectivity index (χ3n) is 7.64. The second kappa shape index (κ2) is 11.9. The van der Waals surface area contributed by atoms with Gasteiger partial charge in [-0.1, -0.05) is 83.0 Å². The maximum absolute atomic E-state index is 13.8. The maximum Gasteiger partial charge on any atom is 0.267 e. The number of nitrogens with one attached hydrogen (secondary N) is 1. The highest BCUT2D eigenvalue weighted by molar-refractivity contribution is 7.98. The van der Waals surface area contributed by atoms with Crippen LogP contribution in [0.4, 0.5) is 0 Å². The van der Waals surface area contributed by atoms with Gasteiger partial charge in [0.05, 0.1) is 40.3 Å². The number of fused-ring (bicyclic) bond motifs is 3. The van der Waals surface area contributed by atoms with Gasteiger partial charge in [-0.2, -0.15) is 0 Å². The Kier molecular flexibility index (Phi) is 7.64. The molecule has 0 aliphatic rings. The number of halogens is 1. The number of aromatic amines is 1. The summed E-state index contributed by atoms with van der Waals surface area (Å²) in [5, 5.41) is 10.8. The number of aromatic nitrogens is 6. The van der Waals surface area contributed by atoms with E-state index in [1.807, 2.05) is 35.6 Å². The van der Waals surface area contributed by atoms with Gasteiger partial charge < -0.3 is 9.72 Å². The zero-order valence-corrected chi connectivity index (χ0v) is 26.5. The normalized spacial score (nSPS) is 11.5. The minimum atomic E-state index is -0.207. The van der Waals surface area contributed by atoms with Crippen LogP contribution in [0.1, 0.15) is 23.9 Å². The van der Waals surface area contributed by atoms with E-state index in [1.54, 1.807) is 22.8 Å². The predicted molar refractivity (Wildman–Crippen MR) is 181 cm³/mol. The summed E-state index contributed by atoms with van der Waals surface area (Å²) in [5.74, 6) is 2.23. The molecule has 45 heavy (non-hydrogen) atoms. The van der Waals surface area contributed by atoms with E-state index in [-0.39, 0.29) is 5.56 Å². The molecule has 0 unspecified atom stereocenters. The molecule has 4 aromatic carbocycles. The molecule has 0 spiro atoms. The summed E-state index contributed by atoms with van der Waals surface area (Å²) in [6.07, 6.45) is 0. The lowest BCUT2D eigenvalue weighted by atomic mass is 10.0. The van der Waals surface area contributed by atoms with E-state index in [9.17, 15) is 4.79 Å². The summed E-state index contributed by atoms with van der Waals surface area (Å²) in [4.78, 5) is 22.4. The number of aryl methyl sites for hydroxylation is 2. The molecule has 0 aliphatic carbocycles. The molecule has 0 fully saturated rings. The van der Waals surface area contributed by atoms with Gasteiger partial charge in [-0.25, -0.2) is 9.55 Å². The van der Waals surface area contributed by atoms with Crippen LogP contribution in [0.2, 0.25) is 5.02 Å². The molecule has 0 radical (unpaired) electrons. The van der Waals surface area contributed by atoms with Gasteiger partial charge in [-0.3, -0.25) is 9.20 Å². The summed E-state index contributed by atoms with van der Waals surface area (Å²) in [6.45, 7) is 6.64. The average Bonchev–Trinajstić information content (AvgIpc) is 3.66. The highest BCUT2D eigenvalue weighted by atomic mass is 35.5. The average molecular weight is 633 g/mol. The monoisotopic (exact) mass is 632 g/mol. The molecule has 3 aromatic heterocycles. The van der Waals surface area contributed by atoms with Gasteiger partial charge in [0, 0.05) is 16.1 Å². The van der Waals surface area contributed by atoms with Gasteiger partial charge in [0.15, 0.2) is 5.16 Å². The number of thioether (sulfide) groups is 1. The molecule has 0 atom stereocenters. The number of ether oxygens (including phenoxy) is 1. The molecule has 0 amide bonds. The fourth-order valence-electron chi connectivity index (χ4n) is 5.37. The number of imidazole rings is 1. The molecular weight excluding hydrogens is 604 g/mol. The van der Waals surface area contributed by atoms with E-state index >= 15 is 0 Å². The van der Waals surface area contributed by atoms with Gasteiger partial charge in [-0.05, 0) is 63.2 Å². The lowest BCUT2D eigenvalue weighted by molar-refractivity contribution is 0.340. The smallest absolute Gasteiger partial charge is 0.267 e. The Morgan fingerprint density at radius 3 is 2.24 bits per heavy atom. The van der Waals surface area contributed by atoms with Gasteiger partial charge in [-0.15, -0.1) is 10.2 Å². The summed E-state index contributed by atoms with van der Waals surface area (Å²) >= 11 is 7.95. The first kappa shape index (κ1) is 28.9. The van der Waals surface area contributed by atoms with Crippen LogP contribution in [0.15, 0.2) is 101 Å². The molecule has 8 nitrogen and oxygen atoms in total. The quantitative estimate of drug-likeness (QED) is 0.171. The highest BCUT2D eigenvalue weighted by Crippen LogP contribution is 2.34. The fourth-order valence-corrected chi connectivity index (χ4v) is 6.32. The summed E-state index contributed by atoms with van der Waals surface area (Å²) in [6, 6.07) is 29.4. The van der Waals surface area contributed by atoms with Gasteiger partial charge in [0.1, 0.15) is 11.6 Å². The molecule has 0 saturated heterocycles. The first-order valence-electron chi connectivity index (χ1n) is 14.6. The second-order valence-electron chi connectivity index (χ2n) is 10.8. The first-order valence-corrected chi connectivity index (χ1v) is 15.9. The number of rotatable bonds is 8. The van der Waals surface area contributed by atoms with Crippen molar-refractivity contribution >= 4 is 40.0 Å². The SMILES string of the molecule is CCOc1ccc(-n2c(=O)c3ccc(Cl)cc3n3c(CSc4nc(-c5ccc(C)cc5)c(-c5ccc(C)cc5)[nH]4)nnc23)cc1. The van der Waals surface area contributed by atoms with E-state index in [1.165, 1.54) is 22.9 Å². The van der Waals surface area contributed by atoms with Gasteiger partial charge in [0.25, 0.3) is 5.56 Å². The summed E-state index contributed by atoms with van der Waals surface area (Å²) in [7, 11) is 0. The Bertz CT molecular complexity index is 2160. The predicted octanol–water partition coefficient (Wildman–Crippen LogP) is 8.05. The van der Waals surface area contributed by atoms with E-state index in [0.717, 1.165) is 33.4 Å². The maximum atomic E-state index is 13.8. The lowest BCUT2D eigenvalue weighted by Crippen LogP contribution is -2.22. The van der Waals surface area contributed by atoms with E-state index in [0.29, 0.717) is 45.6 Å². The molecule has 0 saturated carbocycles. The van der Waals surface area contributed by atoms with Crippen LogP contribution in [0.25, 0.3) is 44.9 Å². The molecule has 224 valence electrons. The number of hydrogen-bond donors (Lipinski definition) is 1. The highest BCUT2D eigenvalue weighted by Gasteiger charge is 2.20. The topological polar surface area (TPSA) is 90.1 Å². The van der Waals surface area contributed by atoms with Crippen LogP contribution in [0, 0.1) is 13.8 Å².